The highest BCUT2D eigenvalue weighted by Gasteiger charge is 2.26. The van der Waals surface area contributed by atoms with Gasteiger partial charge in [-0.3, -0.25) is 0 Å². The van der Waals surface area contributed by atoms with Crippen molar-refractivity contribution in [2.45, 2.75) is 36.3 Å². The molecule has 0 unspecified atom stereocenters. The number of thioether (sulfide) groups is 1. The van der Waals surface area contributed by atoms with E-state index in [9.17, 15) is 0 Å². The number of nitrogens with zero attached hydrogens (tertiary/aromatic N) is 2. The number of aromatic nitrogens is 2. The largest absolute Gasteiger partial charge is 0.308 e. The van der Waals surface area contributed by atoms with Crippen LogP contribution in [0.15, 0.2) is 35.2 Å². The Labute approximate surface area is 123 Å². The highest BCUT2D eigenvalue weighted by molar-refractivity contribution is 7.98. The zero-order valence-corrected chi connectivity index (χ0v) is 12.3. The zero-order valence-electron chi connectivity index (χ0n) is 11.5. The summed E-state index contributed by atoms with van der Waals surface area (Å²) in [5.74, 6) is 8.40. The molecule has 0 saturated heterocycles. The van der Waals surface area contributed by atoms with Crippen LogP contribution in [0, 0.1) is 6.92 Å². The van der Waals surface area contributed by atoms with E-state index in [1.165, 1.54) is 23.3 Å². The van der Waals surface area contributed by atoms with E-state index in [0.717, 1.165) is 17.3 Å². The molecule has 4 nitrogen and oxygen atoms in total. The summed E-state index contributed by atoms with van der Waals surface area (Å²) in [6.07, 6.45) is 2.46. The van der Waals surface area contributed by atoms with Crippen LogP contribution in [0.2, 0.25) is 0 Å². The third-order valence-corrected chi connectivity index (χ3v) is 4.33. The summed E-state index contributed by atoms with van der Waals surface area (Å²) in [6, 6.07) is 10.5. The minimum atomic E-state index is 0.605. The molecular formula is C15H18N4S. The topological polar surface area (TPSA) is 63.8 Å². The summed E-state index contributed by atoms with van der Waals surface area (Å²) < 4.78 is 0. The molecule has 104 valence electrons. The van der Waals surface area contributed by atoms with E-state index in [1.807, 2.05) is 6.07 Å². The normalized spacial score (nSPS) is 14.3. The molecule has 0 radical (unpaired) electrons. The van der Waals surface area contributed by atoms with Gasteiger partial charge in [-0.1, -0.05) is 17.7 Å². The van der Waals surface area contributed by atoms with Crippen molar-refractivity contribution < 1.29 is 0 Å². The van der Waals surface area contributed by atoms with Crippen LogP contribution in [0.1, 0.15) is 35.8 Å². The number of anilines is 1. The summed E-state index contributed by atoms with van der Waals surface area (Å²) in [5.41, 5.74) is 5.03. The van der Waals surface area contributed by atoms with Crippen molar-refractivity contribution in [3.05, 3.63) is 47.4 Å². The number of hydrogen-bond donors (Lipinski definition) is 2. The van der Waals surface area contributed by atoms with Crippen molar-refractivity contribution in [1.29, 1.82) is 0 Å². The standard InChI is InChI=1S/C15H18N4S/c1-10-2-6-12(7-3-10)20-9-15-17-13(11-4-5-11)8-14(18-15)19-16/h2-3,6-8,11H,4-5,9,16H2,1H3,(H,17,18,19). The molecule has 0 atom stereocenters. The van der Waals surface area contributed by atoms with Crippen LogP contribution >= 0.6 is 11.8 Å². The Bertz CT molecular complexity index is 593. The number of nitrogens with one attached hydrogen (secondary N) is 1. The summed E-state index contributed by atoms with van der Waals surface area (Å²) in [6.45, 7) is 2.09. The molecule has 5 heteroatoms. The number of rotatable bonds is 5. The first-order valence-electron chi connectivity index (χ1n) is 6.78. The summed E-state index contributed by atoms with van der Waals surface area (Å²) in [7, 11) is 0. The second-order valence-corrected chi connectivity index (χ2v) is 6.16. The van der Waals surface area contributed by atoms with Crippen LogP contribution in [0.3, 0.4) is 0 Å². The van der Waals surface area contributed by atoms with E-state index in [1.54, 1.807) is 11.8 Å². The molecule has 1 aromatic heterocycles. The van der Waals surface area contributed by atoms with Gasteiger partial charge in [-0.05, 0) is 31.9 Å². The molecule has 1 saturated carbocycles. The minimum Gasteiger partial charge on any atom is -0.308 e. The third kappa shape index (κ3) is 3.29. The molecule has 1 aromatic carbocycles. The lowest BCUT2D eigenvalue weighted by Gasteiger charge is -2.07. The van der Waals surface area contributed by atoms with E-state index in [0.29, 0.717) is 11.7 Å². The first-order chi connectivity index (χ1) is 9.74. The number of hydrazine groups is 1. The van der Waals surface area contributed by atoms with Gasteiger partial charge in [0.05, 0.1) is 5.75 Å². The van der Waals surface area contributed by atoms with Crippen molar-refractivity contribution in [3.8, 4) is 0 Å². The average molecular weight is 286 g/mol. The van der Waals surface area contributed by atoms with Gasteiger partial charge in [-0.25, -0.2) is 15.8 Å². The molecule has 1 heterocycles. The Morgan fingerprint density at radius 2 is 2.00 bits per heavy atom. The van der Waals surface area contributed by atoms with Crippen LogP contribution in [0.25, 0.3) is 0 Å². The molecule has 1 aliphatic rings. The summed E-state index contributed by atoms with van der Waals surface area (Å²) in [5, 5.41) is 0. The lowest BCUT2D eigenvalue weighted by atomic mass is 10.2. The fourth-order valence-corrected chi connectivity index (χ4v) is 2.78. The van der Waals surface area contributed by atoms with E-state index in [4.69, 9.17) is 5.84 Å². The lowest BCUT2D eigenvalue weighted by molar-refractivity contribution is 0.930. The Morgan fingerprint density at radius 1 is 1.25 bits per heavy atom. The second kappa shape index (κ2) is 5.81. The van der Waals surface area contributed by atoms with Crippen molar-refractivity contribution in [1.82, 2.24) is 9.97 Å². The maximum atomic E-state index is 5.48. The second-order valence-electron chi connectivity index (χ2n) is 5.11. The van der Waals surface area contributed by atoms with Crippen LogP contribution in [0.5, 0.6) is 0 Å². The van der Waals surface area contributed by atoms with E-state index in [2.05, 4.69) is 46.6 Å². The smallest absolute Gasteiger partial charge is 0.143 e. The predicted octanol–water partition coefficient (Wildman–Crippen LogP) is 3.24. The van der Waals surface area contributed by atoms with Gasteiger partial charge in [0.2, 0.25) is 0 Å². The van der Waals surface area contributed by atoms with Crippen molar-refractivity contribution in [2.75, 3.05) is 5.43 Å². The lowest BCUT2D eigenvalue weighted by Crippen LogP contribution is -2.11. The quantitative estimate of drug-likeness (QED) is 0.502. The Kier molecular flexibility index (Phi) is 3.89. The Morgan fingerprint density at radius 3 is 2.65 bits per heavy atom. The first kappa shape index (κ1) is 13.4. The van der Waals surface area contributed by atoms with Crippen molar-refractivity contribution in [2.24, 2.45) is 5.84 Å². The van der Waals surface area contributed by atoms with Crippen LogP contribution < -0.4 is 11.3 Å². The van der Waals surface area contributed by atoms with Gasteiger partial charge in [0.1, 0.15) is 11.6 Å². The van der Waals surface area contributed by atoms with Gasteiger partial charge in [0.25, 0.3) is 0 Å². The Balaban J connectivity index is 1.72. The number of nitrogens with two attached hydrogens (primary N) is 1. The molecule has 3 rings (SSSR count). The molecule has 2 aromatic rings. The monoisotopic (exact) mass is 286 g/mol. The number of aryl methyl sites for hydroxylation is 1. The molecule has 20 heavy (non-hydrogen) atoms. The average Bonchev–Trinajstić information content (AvgIpc) is 3.31. The predicted molar refractivity (Wildman–Crippen MR) is 82.6 cm³/mol. The van der Waals surface area contributed by atoms with Crippen molar-refractivity contribution in [3.63, 3.8) is 0 Å². The van der Waals surface area contributed by atoms with Gasteiger partial charge in [-0.2, -0.15) is 0 Å². The van der Waals surface area contributed by atoms with Gasteiger partial charge in [0.15, 0.2) is 0 Å². The number of nitrogen functional groups attached to an aromatic ring is 1. The van der Waals surface area contributed by atoms with E-state index in [-0.39, 0.29) is 0 Å². The van der Waals surface area contributed by atoms with Crippen LogP contribution in [0.4, 0.5) is 5.82 Å². The first-order valence-corrected chi connectivity index (χ1v) is 7.77. The third-order valence-electron chi connectivity index (χ3n) is 3.32. The molecule has 1 fully saturated rings. The zero-order chi connectivity index (χ0) is 13.9. The fraction of sp³-hybridized carbons (Fsp3) is 0.333. The fourth-order valence-electron chi connectivity index (χ4n) is 2.03. The van der Waals surface area contributed by atoms with Crippen molar-refractivity contribution >= 4 is 17.6 Å². The molecule has 0 amide bonds. The maximum absolute atomic E-state index is 5.48. The molecule has 0 bridgehead atoms. The SMILES string of the molecule is Cc1ccc(SCc2nc(NN)cc(C3CC3)n2)cc1. The molecule has 0 spiro atoms. The highest BCUT2D eigenvalue weighted by Crippen LogP contribution is 2.39. The van der Waals surface area contributed by atoms with Gasteiger partial charge < -0.3 is 5.43 Å². The summed E-state index contributed by atoms with van der Waals surface area (Å²) in [4.78, 5) is 10.3. The molecule has 0 aliphatic heterocycles. The number of hydrogen-bond acceptors (Lipinski definition) is 5. The molecule has 1 aliphatic carbocycles. The van der Waals surface area contributed by atoms with E-state index < -0.39 is 0 Å². The van der Waals surface area contributed by atoms with Gasteiger partial charge in [-0.15, -0.1) is 11.8 Å². The van der Waals surface area contributed by atoms with Crippen LogP contribution in [-0.4, -0.2) is 9.97 Å². The molecular weight excluding hydrogens is 268 g/mol. The minimum absolute atomic E-state index is 0.605. The van der Waals surface area contributed by atoms with Crippen LogP contribution in [-0.2, 0) is 5.75 Å². The van der Waals surface area contributed by atoms with E-state index >= 15 is 0 Å². The Hall–Kier alpha value is -1.59. The van der Waals surface area contributed by atoms with Gasteiger partial charge >= 0.3 is 0 Å². The number of benzene rings is 1. The molecule has 3 N–H and O–H groups in total. The summed E-state index contributed by atoms with van der Waals surface area (Å²) >= 11 is 1.75. The highest BCUT2D eigenvalue weighted by atomic mass is 32.2. The van der Waals surface area contributed by atoms with Gasteiger partial charge in [0, 0.05) is 22.6 Å². The maximum Gasteiger partial charge on any atom is 0.143 e.